The van der Waals surface area contributed by atoms with Gasteiger partial charge in [0.2, 0.25) is 0 Å². The first-order valence-electron chi connectivity index (χ1n) is 7.47. The van der Waals surface area contributed by atoms with Gasteiger partial charge in [-0.1, -0.05) is 28.1 Å². The van der Waals surface area contributed by atoms with Gasteiger partial charge in [-0.2, -0.15) is 0 Å². The maximum atomic E-state index is 12.5. The van der Waals surface area contributed by atoms with Crippen molar-refractivity contribution in [3.05, 3.63) is 58.1 Å². The summed E-state index contributed by atoms with van der Waals surface area (Å²) < 4.78 is 16.5. The Balaban J connectivity index is 2.31. The SMILES string of the molecule is CCOC(=O)c1ccccc1OC(=O)c1cc(Br)ccc1OCC. The Kier molecular flexibility index (Phi) is 6.37. The predicted octanol–water partition coefficient (Wildman–Crippen LogP) is 4.24. The van der Waals surface area contributed by atoms with E-state index in [1.54, 1.807) is 49.4 Å². The van der Waals surface area contributed by atoms with Crippen molar-refractivity contribution in [2.75, 3.05) is 13.2 Å². The molecule has 6 heteroatoms. The number of hydrogen-bond donors (Lipinski definition) is 0. The van der Waals surface area contributed by atoms with Crippen molar-refractivity contribution in [3.8, 4) is 11.5 Å². The second-order valence-corrected chi connectivity index (χ2v) is 5.60. The van der Waals surface area contributed by atoms with Gasteiger partial charge in [-0.3, -0.25) is 0 Å². The van der Waals surface area contributed by atoms with Crippen LogP contribution in [0.3, 0.4) is 0 Å². The van der Waals surface area contributed by atoms with Crippen LogP contribution < -0.4 is 9.47 Å². The lowest BCUT2D eigenvalue weighted by atomic mass is 10.2. The largest absolute Gasteiger partial charge is 0.493 e. The summed E-state index contributed by atoms with van der Waals surface area (Å²) in [4.78, 5) is 24.5. The van der Waals surface area contributed by atoms with E-state index in [0.717, 1.165) is 4.47 Å². The molecule has 0 aliphatic rings. The summed E-state index contributed by atoms with van der Waals surface area (Å²) in [6.07, 6.45) is 0. The number of ether oxygens (including phenoxy) is 3. The number of halogens is 1. The number of benzene rings is 2. The fraction of sp³-hybridized carbons (Fsp3) is 0.222. The van der Waals surface area contributed by atoms with Crippen LogP contribution >= 0.6 is 15.9 Å². The van der Waals surface area contributed by atoms with Crippen LogP contribution in [0.5, 0.6) is 11.5 Å². The van der Waals surface area contributed by atoms with Gasteiger partial charge < -0.3 is 14.2 Å². The first kappa shape index (κ1) is 18.0. The van der Waals surface area contributed by atoms with E-state index < -0.39 is 11.9 Å². The van der Waals surface area contributed by atoms with Crippen LogP contribution in [-0.2, 0) is 4.74 Å². The van der Waals surface area contributed by atoms with Crippen LogP contribution in [0, 0.1) is 0 Å². The van der Waals surface area contributed by atoms with Gasteiger partial charge in [-0.25, -0.2) is 9.59 Å². The summed E-state index contributed by atoms with van der Waals surface area (Å²) in [7, 11) is 0. The van der Waals surface area contributed by atoms with E-state index in [0.29, 0.717) is 12.4 Å². The molecule has 0 saturated heterocycles. The third-order valence-electron chi connectivity index (χ3n) is 3.05. The van der Waals surface area contributed by atoms with Gasteiger partial charge in [0.25, 0.3) is 0 Å². The Morgan fingerprint density at radius 2 is 1.67 bits per heavy atom. The average molecular weight is 393 g/mol. The number of hydrogen-bond acceptors (Lipinski definition) is 5. The fourth-order valence-corrected chi connectivity index (χ4v) is 2.39. The topological polar surface area (TPSA) is 61.8 Å². The van der Waals surface area contributed by atoms with Crippen molar-refractivity contribution in [3.63, 3.8) is 0 Å². The molecule has 0 bridgehead atoms. The Labute approximate surface area is 148 Å². The van der Waals surface area contributed by atoms with Gasteiger partial charge in [0, 0.05) is 4.47 Å². The molecular formula is C18H17BrO5. The zero-order valence-corrected chi connectivity index (χ0v) is 15.0. The molecule has 0 unspecified atom stereocenters. The monoisotopic (exact) mass is 392 g/mol. The first-order chi connectivity index (χ1) is 11.6. The van der Waals surface area contributed by atoms with Gasteiger partial charge in [0.1, 0.15) is 22.6 Å². The number of carbonyl (C=O) groups excluding carboxylic acids is 2. The molecule has 0 aliphatic heterocycles. The quantitative estimate of drug-likeness (QED) is 0.543. The molecule has 0 amide bonds. The lowest BCUT2D eigenvalue weighted by molar-refractivity contribution is 0.0520. The molecule has 126 valence electrons. The molecule has 0 aromatic heterocycles. The molecule has 0 N–H and O–H groups in total. The number of para-hydroxylation sites is 1. The van der Waals surface area contributed by atoms with Crippen molar-refractivity contribution < 1.29 is 23.8 Å². The van der Waals surface area contributed by atoms with Crippen molar-refractivity contribution >= 4 is 27.9 Å². The molecule has 0 atom stereocenters. The van der Waals surface area contributed by atoms with E-state index in [2.05, 4.69) is 15.9 Å². The summed E-state index contributed by atoms with van der Waals surface area (Å²) in [5, 5.41) is 0. The Bertz CT molecular complexity index is 742. The second kappa shape index (κ2) is 8.49. The third-order valence-corrected chi connectivity index (χ3v) is 3.54. The zero-order valence-electron chi connectivity index (χ0n) is 13.4. The number of carbonyl (C=O) groups is 2. The number of esters is 2. The molecule has 0 fully saturated rings. The molecule has 0 heterocycles. The minimum absolute atomic E-state index is 0.142. The summed E-state index contributed by atoms with van der Waals surface area (Å²) in [6.45, 7) is 4.19. The van der Waals surface area contributed by atoms with Crippen molar-refractivity contribution in [1.82, 2.24) is 0 Å². The molecule has 24 heavy (non-hydrogen) atoms. The van der Waals surface area contributed by atoms with Gasteiger partial charge in [-0.05, 0) is 44.2 Å². The van der Waals surface area contributed by atoms with Crippen LogP contribution in [-0.4, -0.2) is 25.2 Å². The summed E-state index contributed by atoms with van der Waals surface area (Å²) in [5.41, 5.74) is 0.463. The van der Waals surface area contributed by atoms with Gasteiger partial charge in [-0.15, -0.1) is 0 Å². The molecule has 2 aromatic rings. The lowest BCUT2D eigenvalue weighted by Crippen LogP contribution is -2.14. The summed E-state index contributed by atoms with van der Waals surface area (Å²) >= 11 is 3.32. The Morgan fingerprint density at radius 1 is 0.917 bits per heavy atom. The molecule has 0 radical (unpaired) electrons. The van der Waals surface area contributed by atoms with Gasteiger partial charge >= 0.3 is 11.9 Å². The van der Waals surface area contributed by atoms with E-state index in [1.807, 2.05) is 6.92 Å². The molecule has 0 saturated carbocycles. The van der Waals surface area contributed by atoms with Crippen LogP contribution in [0.2, 0.25) is 0 Å². The van der Waals surface area contributed by atoms with E-state index >= 15 is 0 Å². The van der Waals surface area contributed by atoms with E-state index in [9.17, 15) is 9.59 Å². The van der Waals surface area contributed by atoms with Crippen LogP contribution in [0.15, 0.2) is 46.9 Å². The minimum atomic E-state index is -0.614. The fourth-order valence-electron chi connectivity index (χ4n) is 2.03. The highest BCUT2D eigenvalue weighted by atomic mass is 79.9. The molecule has 2 rings (SSSR count). The van der Waals surface area contributed by atoms with Crippen LogP contribution in [0.4, 0.5) is 0 Å². The van der Waals surface area contributed by atoms with Crippen molar-refractivity contribution in [2.24, 2.45) is 0 Å². The Hall–Kier alpha value is -2.34. The predicted molar refractivity (Wildman–Crippen MR) is 92.7 cm³/mol. The van der Waals surface area contributed by atoms with Crippen molar-refractivity contribution in [2.45, 2.75) is 13.8 Å². The van der Waals surface area contributed by atoms with E-state index in [1.165, 1.54) is 0 Å². The normalized spacial score (nSPS) is 10.1. The number of rotatable bonds is 6. The molecule has 0 spiro atoms. The average Bonchev–Trinajstić information content (AvgIpc) is 2.57. The smallest absolute Gasteiger partial charge is 0.347 e. The van der Waals surface area contributed by atoms with Crippen LogP contribution in [0.25, 0.3) is 0 Å². The van der Waals surface area contributed by atoms with E-state index in [-0.39, 0.29) is 23.5 Å². The molecule has 2 aromatic carbocycles. The standard InChI is InChI=1S/C18H17BrO5/c1-3-22-15-10-9-12(19)11-14(15)18(21)24-16-8-6-5-7-13(16)17(20)23-4-2/h5-11H,3-4H2,1-2H3. The third kappa shape index (κ3) is 4.35. The molecule has 5 nitrogen and oxygen atoms in total. The highest BCUT2D eigenvalue weighted by Gasteiger charge is 2.20. The highest BCUT2D eigenvalue weighted by Crippen LogP contribution is 2.26. The summed E-state index contributed by atoms with van der Waals surface area (Å²) in [5.74, 6) is -0.598. The maximum absolute atomic E-state index is 12.5. The second-order valence-electron chi connectivity index (χ2n) is 4.68. The molecular weight excluding hydrogens is 376 g/mol. The van der Waals surface area contributed by atoms with Crippen LogP contribution in [0.1, 0.15) is 34.6 Å². The highest BCUT2D eigenvalue weighted by molar-refractivity contribution is 9.10. The lowest BCUT2D eigenvalue weighted by Gasteiger charge is -2.12. The zero-order chi connectivity index (χ0) is 17.5. The van der Waals surface area contributed by atoms with Gasteiger partial charge in [0.15, 0.2) is 0 Å². The Morgan fingerprint density at radius 3 is 2.38 bits per heavy atom. The summed E-state index contributed by atoms with van der Waals surface area (Å²) in [6, 6.07) is 11.5. The van der Waals surface area contributed by atoms with Gasteiger partial charge in [0.05, 0.1) is 13.2 Å². The maximum Gasteiger partial charge on any atom is 0.347 e. The molecule has 0 aliphatic carbocycles. The van der Waals surface area contributed by atoms with E-state index in [4.69, 9.17) is 14.2 Å². The van der Waals surface area contributed by atoms with Crippen molar-refractivity contribution in [1.29, 1.82) is 0 Å². The first-order valence-corrected chi connectivity index (χ1v) is 8.26. The minimum Gasteiger partial charge on any atom is -0.493 e.